The Morgan fingerprint density at radius 1 is 1.30 bits per heavy atom. The van der Waals surface area contributed by atoms with Crippen molar-refractivity contribution in [3.63, 3.8) is 0 Å². The zero-order valence-corrected chi connectivity index (χ0v) is 16.4. The van der Waals surface area contributed by atoms with Crippen molar-refractivity contribution in [3.8, 4) is 0 Å². The van der Waals surface area contributed by atoms with Gasteiger partial charge in [0.25, 0.3) is 5.91 Å². The molecular formula is C18H26N3O5S+. The molecule has 3 atom stereocenters. The van der Waals surface area contributed by atoms with E-state index in [9.17, 15) is 18.0 Å². The van der Waals surface area contributed by atoms with Crippen molar-refractivity contribution in [1.82, 2.24) is 10.2 Å². The van der Waals surface area contributed by atoms with Gasteiger partial charge in [-0.25, -0.2) is 18.1 Å². The quantitative estimate of drug-likeness (QED) is 0.584. The fourth-order valence-electron chi connectivity index (χ4n) is 3.77. The number of rotatable bonds is 7. The van der Waals surface area contributed by atoms with Crippen LogP contribution in [0.15, 0.2) is 30.3 Å². The number of methoxy groups -OCH3 is 1. The van der Waals surface area contributed by atoms with E-state index in [0.717, 1.165) is 4.90 Å². The Bertz CT molecular complexity index is 814. The minimum atomic E-state index is -3.06. The molecule has 2 aliphatic rings. The Hall–Kier alpha value is -1.97. The fraction of sp³-hybridized carbons (Fsp3) is 0.556. The van der Waals surface area contributed by atoms with Crippen LogP contribution >= 0.6 is 0 Å². The lowest BCUT2D eigenvalue weighted by molar-refractivity contribution is -0.929. The summed E-state index contributed by atoms with van der Waals surface area (Å²) in [7, 11) is -1.49. The largest absolute Gasteiger partial charge is 0.379 e. The highest BCUT2D eigenvalue weighted by molar-refractivity contribution is 7.91. The van der Waals surface area contributed by atoms with Crippen molar-refractivity contribution >= 4 is 21.8 Å². The number of quaternary nitrogens is 1. The van der Waals surface area contributed by atoms with Gasteiger partial charge in [0, 0.05) is 13.5 Å². The lowest BCUT2D eigenvalue weighted by Gasteiger charge is -2.28. The van der Waals surface area contributed by atoms with Gasteiger partial charge in [-0.05, 0) is 12.5 Å². The molecule has 9 heteroatoms. The van der Waals surface area contributed by atoms with Crippen molar-refractivity contribution in [2.24, 2.45) is 0 Å². The van der Waals surface area contributed by atoms with Crippen LogP contribution in [0, 0.1) is 0 Å². The number of ether oxygens (including phenoxy) is 1. The van der Waals surface area contributed by atoms with Gasteiger partial charge < -0.3 is 15.0 Å². The number of carbonyl (C=O) groups excluding carboxylic acids is 2. The Labute approximate surface area is 159 Å². The third-order valence-corrected chi connectivity index (χ3v) is 7.19. The normalized spacial score (nSPS) is 28.4. The average Bonchev–Trinajstić information content (AvgIpc) is 3.11. The predicted molar refractivity (Wildman–Crippen MR) is 98.8 cm³/mol. The summed E-state index contributed by atoms with van der Waals surface area (Å²) in [5, 5.41) is 2.79. The lowest BCUT2D eigenvalue weighted by atomic mass is 9.92. The first-order chi connectivity index (χ1) is 12.8. The van der Waals surface area contributed by atoms with E-state index in [1.165, 1.54) is 4.90 Å². The summed E-state index contributed by atoms with van der Waals surface area (Å²) in [6.07, 6.45) is 0.529. The van der Waals surface area contributed by atoms with Crippen molar-refractivity contribution in [3.05, 3.63) is 35.9 Å². The van der Waals surface area contributed by atoms with Gasteiger partial charge in [0.15, 0.2) is 16.5 Å². The van der Waals surface area contributed by atoms with E-state index < -0.39 is 21.4 Å². The minimum Gasteiger partial charge on any atom is -0.379 e. The van der Waals surface area contributed by atoms with Crippen LogP contribution < -0.4 is 10.2 Å². The van der Waals surface area contributed by atoms with Gasteiger partial charge in [0.05, 0.1) is 12.4 Å². The van der Waals surface area contributed by atoms with Gasteiger partial charge in [0.2, 0.25) is 0 Å². The number of hydrogen-bond acceptors (Lipinski definition) is 5. The molecule has 2 heterocycles. The van der Waals surface area contributed by atoms with Crippen LogP contribution in [-0.4, -0.2) is 69.7 Å². The number of carbonyl (C=O) groups is 2. The van der Waals surface area contributed by atoms with E-state index in [0.29, 0.717) is 25.1 Å². The number of nitrogens with zero attached hydrogens (tertiary/aromatic N) is 1. The molecule has 0 radical (unpaired) electrons. The molecule has 2 saturated heterocycles. The zero-order chi connectivity index (χ0) is 19.7. The zero-order valence-electron chi connectivity index (χ0n) is 15.6. The highest BCUT2D eigenvalue weighted by Gasteiger charge is 2.51. The molecule has 27 heavy (non-hydrogen) atoms. The summed E-state index contributed by atoms with van der Waals surface area (Å²) >= 11 is 0. The van der Waals surface area contributed by atoms with Crippen LogP contribution in [0.5, 0.6) is 0 Å². The molecule has 1 aromatic rings. The highest BCUT2D eigenvalue weighted by Crippen LogP contribution is 2.28. The first-order valence-electron chi connectivity index (χ1n) is 9.00. The van der Waals surface area contributed by atoms with E-state index in [1.54, 1.807) is 26.2 Å². The molecule has 8 nitrogen and oxygen atoms in total. The van der Waals surface area contributed by atoms with E-state index >= 15 is 0 Å². The molecule has 3 rings (SSSR count). The van der Waals surface area contributed by atoms with Crippen LogP contribution in [0.25, 0.3) is 0 Å². The SMILES string of the molecule is COCC[NH+](CN1C(=O)N[C@](C)(c2ccccc2)C1=O)[C@@H]1CCS(=O)(=O)C1. The van der Waals surface area contributed by atoms with Gasteiger partial charge >= 0.3 is 6.03 Å². The van der Waals surface area contributed by atoms with E-state index in [4.69, 9.17) is 4.74 Å². The molecule has 2 fully saturated rings. The maximum Gasteiger partial charge on any atom is 0.329 e. The summed E-state index contributed by atoms with van der Waals surface area (Å²) in [5.74, 6) is -0.101. The van der Waals surface area contributed by atoms with Crippen molar-refractivity contribution in [2.45, 2.75) is 24.9 Å². The van der Waals surface area contributed by atoms with Crippen LogP contribution in [0.1, 0.15) is 18.9 Å². The standard InChI is InChI=1S/C18H25N3O5S/c1-18(14-6-4-3-5-7-14)16(22)21(17(23)19-18)13-20(9-10-26-2)15-8-11-27(24,25)12-15/h3-7,15H,8-13H2,1-2H3,(H,19,23)/p+1/t15-,18-/m1/s1. The topological polar surface area (TPSA) is 97.2 Å². The van der Waals surface area contributed by atoms with Crippen LogP contribution in [-0.2, 0) is 24.9 Å². The summed E-state index contributed by atoms with van der Waals surface area (Å²) < 4.78 is 28.9. The van der Waals surface area contributed by atoms with E-state index in [-0.39, 0.29) is 30.1 Å². The Balaban J connectivity index is 1.79. The summed E-state index contributed by atoms with van der Waals surface area (Å²) in [6.45, 7) is 2.76. The minimum absolute atomic E-state index is 0.0750. The summed E-state index contributed by atoms with van der Waals surface area (Å²) in [5.41, 5.74) is -0.403. The average molecular weight is 396 g/mol. The number of hydrogen-bond donors (Lipinski definition) is 2. The molecule has 0 spiro atoms. The van der Waals surface area contributed by atoms with Gasteiger partial charge in [-0.3, -0.25) is 4.79 Å². The number of urea groups is 1. The number of imide groups is 1. The van der Waals surface area contributed by atoms with Gasteiger partial charge in [-0.15, -0.1) is 0 Å². The summed E-state index contributed by atoms with van der Waals surface area (Å²) in [4.78, 5) is 27.7. The second-order valence-electron chi connectivity index (χ2n) is 7.31. The smallest absolute Gasteiger partial charge is 0.329 e. The molecule has 0 aliphatic carbocycles. The lowest BCUT2D eigenvalue weighted by Crippen LogP contribution is -3.18. The van der Waals surface area contributed by atoms with E-state index in [1.807, 2.05) is 18.2 Å². The highest BCUT2D eigenvalue weighted by atomic mass is 32.2. The molecule has 2 aliphatic heterocycles. The maximum atomic E-state index is 13.1. The number of amides is 3. The second kappa shape index (κ2) is 7.57. The first kappa shape index (κ1) is 19.8. The van der Waals surface area contributed by atoms with Crippen molar-refractivity contribution in [1.29, 1.82) is 0 Å². The van der Waals surface area contributed by atoms with Crippen LogP contribution in [0.3, 0.4) is 0 Å². The Morgan fingerprint density at radius 2 is 2.00 bits per heavy atom. The molecule has 3 amide bonds. The molecule has 1 aromatic carbocycles. The van der Waals surface area contributed by atoms with Gasteiger partial charge in [-0.2, -0.15) is 0 Å². The molecule has 2 N–H and O–H groups in total. The third kappa shape index (κ3) is 3.99. The molecular weight excluding hydrogens is 370 g/mol. The third-order valence-electron chi connectivity index (χ3n) is 5.42. The number of benzene rings is 1. The molecule has 1 unspecified atom stereocenters. The van der Waals surface area contributed by atoms with Gasteiger partial charge in [-0.1, -0.05) is 30.3 Å². The van der Waals surface area contributed by atoms with Crippen LogP contribution in [0.2, 0.25) is 0 Å². The second-order valence-corrected chi connectivity index (χ2v) is 9.54. The first-order valence-corrected chi connectivity index (χ1v) is 10.8. The Morgan fingerprint density at radius 3 is 2.59 bits per heavy atom. The molecule has 0 aromatic heterocycles. The summed E-state index contributed by atoms with van der Waals surface area (Å²) in [6, 6.07) is 8.51. The van der Waals surface area contributed by atoms with Gasteiger partial charge in [0.1, 0.15) is 23.9 Å². The molecule has 148 valence electrons. The van der Waals surface area contributed by atoms with Crippen LogP contribution in [0.4, 0.5) is 4.79 Å². The number of sulfone groups is 1. The van der Waals surface area contributed by atoms with Crippen molar-refractivity contribution in [2.75, 3.05) is 38.4 Å². The Kier molecular flexibility index (Phi) is 5.55. The monoisotopic (exact) mass is 396 g/mol. The van der Waals surface area contributed by atoms with Crippen molar-refractivity contribution < 1.29 is 27.6 Å². The molecule has 0 bridgehead atoms. The van der Waals surface area contributed by atoms with E-state index in [2.05, 4.69) is 5.32 Å². The maximum absolute atomic E-state index is 13.1. The predicted octanol–water partition coefficient (Wildman–Crippen LogP) is -0.870. The fourth-order valence-corrected chi connectivity index (χ4v) is 5.60. The molecule has 0 saturated carbocycles. The number of nitrogens with one attached hydrogen (secondary N) is 2.